The van der Waals surface area contributed by atoms with Crippen LogP contribution in [0.5, 0.6) is 0 Å². The van der Waals surface area contributed by atoms with E-state index in [0.717, 1.165) is 38.5 Å². The summed E-state index contributed by atoms with van der Waals surface area (Å²) in [6, 6.07) is 0. The Kier molecular flexibility index (Phi) is 17.9. The molecule has 0 radical (unpaired) electrons. The third kappa shape index (κ3) is 23.8. The lowest BCUT2D eigenvalue weighted by atomic mass is 9.77. The number of carbonyl (C=O) groups excluding carboxylic acids is 2. The van der Waals surface area contributed by atoms with Crippen molar-refractivity contribution in [2.45, 2.75) is 152 Å². The molecule has 0 saturated heterocycles. The average Bonchev–Trinajstić information content (AvgIpc) is 2.64. The third-order valence-corrected chi connectivity index (χ3v) is 5.49. The van der Waals surface area contributed by atoms with Crippen LogP contribution in [-0.2, 0) is 19.2 Å². The van der Waals surface area contributed by atoms with Gasteiger partial charge < -0.3 is 9.62 Å². The molecule has 0 saturated carbocycles. The molecule has 33 heavy (non-hydrogen) atoms. The molecule has 0 aromatic carbocycles. The molecule has 1 N–H and O–H groups in total. The summed E-state index contributed by atoms with van der Waals surface area (Å²) in [5.41, 5.74) is -0.158. The maximum Gasteiger partial charge on any atom is 0.345 e. The van der Waals surface area contributed by atoms with E-state index in [-0.39, 0.29) is 22.9 Å². The molecule has 0 aliphatic carbocycles. The first-order chi connectivity index (χ1) is 15.0. The van der Waals surface area contributed by atoms with Crippen LogP contribution in [0, 0.1) is 16.7 Å². The number of hydrogen-bond donors (Lipinski definition) is 1. The number of carbonyl (C=O) groups is 2. The van der Waals surface area contributed by atoms with Crippen molar-refractivity contribution in [2.24, 2.45) is 16.7 Å². The third-order valence-electron chi connectivity index (χ3n) is 5.49. The van der Waals surface area contributed by atoms with Crippen molar-refractivity contribution in [1.29, 1.82) is 0 Å². The second-order valence-corrected chi connectivity index (χ2v) is 12.6. The predicted octanol–water partition coefficient (Wildman–Crippen LogP) is 8.74. The number of esters is 1. The molecule has 0 aliphatic rings. The van der Waals surface area contributed by atoms with Crippen LogP contribution in [-0.4, -0.2) is 22.8 Å². The Labute approximate surface area is 205 Å². The summed E-state index contributed by atoms with van der Waals surface area (Å²) in [5.74, 6) is -0.790. The van der Waals surface area contributed by atoms with Gasteiger partial charge in [0.15, 0.2) is 0 Å². The molecule has 0 spiro atoms. The van der Waals surface area contributed by atoms with Crippen molar-refractivity contribution in [3.63, 3.8) is 0 Å². The Morgan fingerprint density at radius 3 is 1.70 bits per heavy atom. The highest BCUT2D eigenvalue weighted by molar-refractivity contribution is 5.72. The Morgan fingerprint density at radius 1 is 0.758 bits per heavy atom. The van der Waals surface area contributed by atoms with Gasteiger partial charge in [0.25, 0.3) is 0 Å². The van der Waals surface area contributed by atoms with E-state index in [0.29, 0.717) is 11.8 Å². The van der Waals surface area contributed by atoms with E-state index < -0.39 is 5.97 Å². The van der Waals surface area contributed by atoms with Gasteiger partial charge in [-0.05, 0) is 50.9 Å². The highest BCUT2D eigenvalue weighted by atomic mass is 17.1. The smallest absolute Gasteiger partial charge is 0.345 e. The maximum absolute atomic E-state index is 11.5. The molecule has 0 aliphatic heterocycles. The molecule has 5 heteroatoms. The minimum atomic E-state index is -0.506. The van der Waals surface area contributed by atoms with Crippen molar-refractivity contribution in [1.82, 2.24) is 0 Å². The summed E-state index contributed by atoms with van der Waals surface area (Å²) in [6.45, 7) is 20.6. The van der Waals surface area contributed by atoms with Crippen LogP contribution in [0.2, 0.25) is 0 Å². The van der Waals surface area contributed by atoms with Crippen LogP contribution >= 0.6 is 0 Å². The molecule has 1 unspecified atom stereocenters. The summed E-state index contributed by atoms with van der Waals surface area (Å²) in [6.07, 6.45) is 13.3. The minimum Gasteiger partial charge on any atom is -0.460 e. The highest BCUT2D eigenvalue weighted by Crippen LogP contribution is 2.32. The first kappa shape index (κ1) is 34.1. The van der Waals surface area contributed by atoms with Gasteiger partial charge in [0.05, 0.1) is 5.92 Å². The maximum atomic E-state index is 11.5. The molecule has 0 aromatic heterocycles. The fourth-order valence-electron chi connectivity index (χ4n) is 3.59. The molecular formula is C28H56O5. The van der Waals surface area contributed by atoms with Crippen LogP contribution in [0.15, 0.2) is 0 Å². The van der Waals surface area contributed by atoms with Gasteiger partial charge in [-0.2, -0.15) is 5.26 Å². The van der Waals surface area contributed by atoms with Crippen molar-refractivity contribution >= 4 is 11.9 Å². The largest absolute Gasteiger partial charge is 0.460 e. The van der Waals surface area contributed by atoms with Gasteiger partial charge in [-0.15, -0.1) is 0 Å². The fraction of sp³-hybridized carbons (Fsp3) is 0.929. The van der Waals surface area contributed by atoms with Crippen LogP contribution in [0.25, 0.3) is 0 Å². The van der Waals surface area contributed by atoms with Gasteiger partial charge in [0, 0.05) is 6.42 Å². The first-order valence-electron chi connectivity index (χ1n) is 13.1. The van der Waals surface area contributed by atoms with E-state index in [9.17, 15) is 9.59 Å². The van der Waals surface area contributed by atoms with Gasteiger partial charge in [0.2, 0.25) is 0 Å². The Bertz CT molecular complexity index is 506. The lowest BCUT2D eigenvalue weighted by Crippen LogP contribution is -2.29. The van der Waals surface area contributed by atoms with Crippen molar-refractivity contribution in [3.05, 3.63) is 0 Å². The molecule has 0 fully saturated rings. The van der Waals surface area contributed by atoms with E-state index in [1.807, 2.05) is 41.5 Å². The lowest BCUT2D eigenvalue weighted by molar-refractivity contribution is -0.242. The van der Waals surface area contributed by atoms with Gasteiger partial charge in [0.1, 0.15) is 5.60 Å². The zero-order valence-electron chi connectivity index (χ0n) is 23.6. The first-order valence-corrected chi connectivity index (χ1v) is 13.1. The summed E-state index contributed by atoms with van der Waals surface area (Å²) >= 11 is 0. The summed E-state index contributed by atoms with van der Waals surface area (Å²) in [5, 5.41) is 8.50. The molecular weight excluding hydrogens is 416 g/mol. The normalized spacial score (nSPS) is 13.1. The molecule has 0 rings (SSSR count). The molecule has 0 heterocycles. The summed E-state index contributed by atoms with van der Waals surface area (Å²) < 4.78 is 5.24. The second kappa shape index (κ2) is 17.4. The Hall–Kier alpha value is -1.10. The molecule has 0 amide bonds. The van der Waals surface area contributed by atoms with Gasteiger partial charge in [-0.25, -0.2) is 4.79 Å². The fourth-order valence-corrected chi connectivity index (χ4v) is 3.59. The van der Waals surface area contributed by atoms with E-state index in [1.54, 1.807) is 0 Å². The van der Waals surface area contributed by atoms with Gasteiger partial charge >= 0.3 is 11.9 Å². The van der Waals surface area contributed by atoms with Crippen LogP contribution in [0.1, 0.15) is 146 Å². The lowest BCUT2D eigenvalue weighted by Gasteiger charge is -2.28. The standard InChI is InChI=1S/C14H28O3.C14H28O2/c1-13(2,3)10-8-7-9-11(12(15)17-16)14(4,5)6;1-5-6-7-8-9-10-11-12-13(15)16-14(2,3)4/h11,16H,7-10H2,1-6H3;5-12H2,1-4H3. The number of hydrogen-bond acceptors (Lipinski definition) is 5. The number of rotatable bonds is 13. The summed E-state index contributed by atoms with van der Waals surface area (Å²) in [4.78, 5) is 26.7. The quantitative estimate of drug-likeness (QED) is 0.125. The molecule has 5 nitrogen and oxygen atoms in total. The van der Waals surface area contributed by atoms with Crippen molar-refractivity contribution < 1.29 is 24.5 Å². The molecule has 1 atom stereocenters. The molecule has 0 aromatic rings. The monoisotopic (exact) mass is 472 g/mol. The van der Waals surface area contributed by atoms with E-state index in [2.05, 4.69) is 32.6 Å². The average molecular weight is 473 g/mol. The predicted molar refractivity (Wildman–Crippen MR) is 138 cm³/mol. The van der Waals surface area contributed by atoms with E-state index in [1.165, 1.54) is 32.1 Å². The van der Waals surface area contributed by atoms with Crippen molar-refractivity contribution in [2.75, 3.05) is 0 Å². The van der Waals surface area contributed by atoms with Crippen molar-refractivity contribution in [3.8, 4) is 0 Å². The Morgan fingerprint density at radius 2 is 1.27 bits per heavy atom. The molecule has 198 valence electrons. The SMILES string of the molecule is CC(C)(C)CCCCC(C(=O)OO)C(C)(C)C.CCCCCCCCCC(=O)OC(C)(C)C. The van der Waals surface area contributed by atoms with Gasteiger partial charge in [-0.1, -0.05) is 99.8 Å². The van der Waals surface area contributed by atoms with E-state index in [4.69, 9.17) is 9.99 Å². The van der Waals surface area contributed by atoms with Crippen LogP contribution in [0.3, 0.4) is 0 Å². The minimum absolute atomic E-state index is 0.0546. The topological polar surface area (TPSA) is 72.8 Å². The number of ether oxygens (including phenoxy) is 1. The second-order valence-electron chi connectivity index (χ2n) is 12.6. The highest BCUT2D eigenvalue weighted by Gasteiger charge is 2.32. The molecule has 0 bridgehead atoms. The van der Waals surface area contributed by atoms with E-state index >= 15 is 0 Å². The van der Waals surface area contributed by atoms with Crippen LogP contribution < -0.4 is 0 Å². The summed E-state index contributed by atoms with van der Waals surface area (Å²) in [7, 11) is 0. The van der Waals surface area contributed by atoms with Crippen LogP contribution in [0.4, 0.5) is 0 Å². The Balaban J connectivity index is 0. The van der Waals surface area contributed by atoms with Gasteiger partial charge in [-0.3, -0.25) is 4.79 Å². The number of unbranched alkanes of at least 4 members (excludes halogenated alkanes) is 7. The zero-order valence-corrected chi connectivity index (χ0v) is 23.6. The zero-order chi connectivity index (χ0) is 26.1.